The molecule has 0 unspecified atom stereocenters. The van der Waals surface area contributed by atoms with Gasteiger partial charge < -0.3 is 14.5 Å². The maximum absolute atomic E-state index is 13.5. The largest absolute Gasteiger partial charge is 0.493 e. The summed E-state index contributed by atoms with van der Waals surface area (Å²) in [5.41, 5.74) is 0.895. The molecule has 2 aromatic carbocycles. The number of halogens is 1. The van der Waals surface area contributed by atoms with Crippen LogP contribution >= 0.6 is 11.3 Å². The minimum atomic E-state index is -0.738. The van der Waals surface area contributed by atoms with Gasteiger partial charge in [0, 0.05) is 29.3 Å². The second kappa shape index (κ2) is 8.47. The van der Waals surface area contributed by atoms with Crippen LogP contribution in [0.5, 0.6) is 5.75 Å². The highest BCUT2D eigenvalue weighted by Gasteiger charge is 2.16. The fourth-order valence-corrected chi connectivity index (χ4v) is 4.34. The first-order valence-electron chi connectivity index (χ1n) is 10.0. The highest BCUT2D eigenvalue weighted by Crippen LogP contribution is 2.24. The number of rotatable bonds is 6. The van der Waals surface area contributed by atoms with E-state index < -0.39 is 11.5 Å². The second-order valence-corrected chi connectivity index (χ2v) is 8.04. The zero-order valence-electron chi connectivity index (χ0n) is 17.4. The van der Waals surface area contributed by atoms with E-state index in [0.717, 1.165) is 5.69 Å². The summed E-state index contributed by atoms with van der Waals surface area (Å²) in [5.74, 6) is -0.0384. The molecule has 0 aliphatic heterocycles. The van der Waals surface area contributed by atoms with Gasteiger partial charge in [-0.2, -0.15) is 4.98 Å². The van der Waals surface area contributed by atoms with Crippen molar-refractivity contribution in [2.24, 2.45) is 0 Å². The quantitative estimate of drug-likeness (QED) is 0.385. The van der Waals surface area contributed by atoms with Crippen LogP contribution in [0.1, 0.15) is 16.1 Å². The maximum Gasteiger partial charge on any atom is 0.349 e. The van der Waals surface area contributed by atoms with Crippen molar-refractivity contribution in [2.45, 2.75) is 6.42 Å². The summed E-state index contributed by atoms with van der Waals surface area (Å²) in [6.45, 7) is 0.273. The Hall–Kier alpha value is -4.05. The molecule has 166 valence electrons. The Kier molecular flexibility index (Phi) is 5.35. The third-order valence-electron chi connectivity index (χ3n) is 5.09. The number of amides is 1. The maximum atomic E-state index is 13.5. The van der Waals surface area contributed by atoms with Crippen LogP contribution in [0.2, 0.25) is 0 Å². The lowest BCUT2D eigenvalue weighted by molar-refractivity contribution is 0.0950. The molecule has 5 rings (SSSR count). The standard InChI is InChI=1S/C23H17FN4O4S/c1-31-18-7-3-4-13-11-17(22(30)32-19(13)18)21(29)25-9-8-16-12-33-23-26-20(27-28(16)23)14-5-2-6-15(24)10-14/h2-7,10-12H,8-9H2,1H3,(H,25,29). The van der Waals surface area contributed by atoms with Crippen molar-refractivity contribution >= 4 is 33.2 Å². The minimum Gasteiger partial charge on any atom is -0.493 e. The first-order valence-corrected chi connectivity index (χ1v) is 10.9. The predicted octanol–water partition coefficient (Wildman–Crippen LogP) is 3.68. The number of aromatic nitrogens is 3. The summed E-state index contributed by atoms with van der Waals surface area (Å²) in [6, 6.07) is 12.7. The number of carbonyl (C=O) groups is 1. The average molecular weight is 464 g/mol. The molecule has 8 nitrogen and oxygen atoms in total. The number of para-hydroxylation sites is 1. The van der Waals surface area contributed by atoms with Crippen LogP contribution < -0.4 is 15.7 Å². The molecule has 0 aliphatic carbocycles. The van der Waals surface area contributed by atoms with Crippen LogP contribution in [0, 0.1) is 5.82 Å². The number of carbonyl (C=O) groups excluding carboxylic acids is 1. The fourth-order valence-electron chi connectivity index (χ4n) is 3.48. The number of fused-ring (bicyclic) bond motifs is 2. The van der Waals surface area contributed by atoms with Crippen LogP contribution in [0.4, 0.5) is 4.39 Å². The SMILES string of the molecule is COc1cccc2cc(C(=O)NCCc3csc4nc(-c5cccc(F)c5)nn34)c(=O)oc12. The number of hydrogen-bond donors (Lipinski definition) is 1. The second-order valence-electron chi connectivity index (χ2n) is 7.20. The van der Waals surface area contributed by atoms with Gasteiger partial charge >= 0.3 is 5.63 Å². The lowest BCUT2D eigenvalue weighted by atomic mass is 10.1. The zero-order chi connectivity index (χ0) is 22.9. The van der Waals surface area contributed by atoms with Gasteiger partial charge in [-0.25, -0.2) is 13.7 Å². The molecule has 5 aromatic rings. The number of benzene rings is 2. The van der Waals surface area contributed by atoms with Crippen molar-refractivity contribution < 1.29 is 18.3 Å². The predicted molar refractivity (Wildman–Crippen MR) is 121 cm³/mol. The van der Waals surface area contributed by atoms with Gasteiger partial charge in [0.15, 0.2) is 17.2 Å². The zero-order valence-corrected chi connectivity index (χ0v) is 18.2. The van der Waals surface area contributed by atoms with E-state index in [1.165, 1.54) is 36.6 Å². The van der Waals surface area contributed by atoms with Crippen LogP contribution in [0.25, 0.3) is 27.3 Å². The molecule has 3 heterocycles. The number of ether oxygens (including phenoxy) is 1. The molecular formula is C23H17FN4O4S. The van der Waals surface area contributed by atoms with Crippen molar-refractivity contribution in [3.63, 3.8) is 0 Å². The topological polar surface area (TPSA) is 98.7 Å². The van der Waals surface area contributed by atoms with Gasteiger partial charge in [0.2, 0.25) is 4.96 Å². The van der Waals surface area contributed by atoms with Crippen LogP contribution in [0.15, 0.2) is 63.1 Å². The van der Waals surface area contributed by atoms with E-state index in [9.17, 15) is 14.0 Å². The molecule has 0 saturated carbocycles. The summed E-state index contributed by atoms with van der Waals surface area (Å²) in [6.07, 6.45) is 0.463. The average Bonchev–Trinajstić information content (AvgIpc) is 3.40. The van der Waals surface area contributed by atoms with Gasteiger partial charge in [-0.3, -0.25) is 4.79 Å². The van der Waals surface area contributed by atoms with E-state index in [0.29, 0.717) is 39.5 Å². The van der Waals surface area contributed by atoms with Crippen molar-refractivity contribution in [3.8, 4) is 17.1 Å². The lowest BCUT2D eigenvalue weighted by Crippen LogP contribution is -2.30. The van der Waals surface area contributed by atoms with Crippen LogP contribution in [-0.4, -0.2) is 34.2 Å². The van der Waals surface area contributed by atoms with E-state index >= 15 is 0 Å². The molecule has 0 fully saturated rings. The summed E-state index contributed by atoms with van der Waals surface area (Å²) < 4.78 is 25.7. The fraction of sp³-hybridized carbons (Fsp3) is 0.130. The van der Waals surface area contributed by atoms with Gasteiger partial charge in [0.05, 0.1) is 12.8 Å². The van der Waals surface area contributed by atoms with Crippen molar-refractivity contribution in [1.82, 2.24) is 19.9 Å². The molecule has 0 saturated heterocycles. The third kappa shape index (κ3) is 3.96. The Labute approximate surface area is 190 Å². The minimum absolute atomic E-state index is 0.0830. The Bertz CT molecular complexity index is 1560. The molecule has 0 spiro atoms. The van der Waals surface area contributed by atoms with E-state index in [4.69, 9.17) is 9.15 Å². The van der Waals surface area contributed by atoms with Gasteiger partial charge in [-0.05, 0) is 24.3 Å². The Morgan fingerprint density at radius 2 is 2.09 bits per heavy atom. The van der Waals surface area contributed by atoms with Gasteiger partial charge in [-0.1, -0.05) is 24.3 Å². The van der Waals surface area contributed by atoms with Gasteiger partial charge in [0.1, 0.15) is 11.4 Å². The van der Waals surface area contributed by atoms with Crippen LogP contribution in [-0.2, 0) is 6.42 Å². The molecule has 1 N–H and O–H groups in total. The van der Waals surface area contributed by atoms with Gasteiger partial charge in [-0.15, -0.1) is 16.4 Å². The summed E-state index contributed by atoms with van der Waals surface area (Å²) in [4.78, 5) is 30.1. The Morgan fingerprint density at radius 3 is 2.91 bits per heavy atom. The van der Waals surface area contributed by atoms with Crippen LogP contribution in [0.3, 0.4) is 0 Å². The summed E-state index contributed by atoms with van der Waals surface area (Å²) >= 11 is 1.40. The number of thiazole rings is 1. The monoisotopic (exact) mass is 464 g/mol. The molecular weight excluding hydrogens is 447 g/mol. The molecule has 1 amide bonds. The smallest absolute Gasteiger partial charge is 0.349 e. The molecule has 0 radical (unpaired) electrons. The lowest BCUT2D eigenvalue weighted by Gasteiger charge is -2.07. The summed E-state index contributed by atoms with van der Waals surface area (Å²) in [5, 5.41) is 9.69. The van der Waals surface area contributed by atoms with E-state index in [2.05, 4.69) is 15.4 Å². The van der Waals surface area contributed by atoms with E-state index in [1.807, 2.05) is 5.38 Å². The highest BCUT2D eigenvalue weighted by molar-refractivity contribution is 7.15. The number of nitrogens with zero attached hydrogens (tertiary/aromatic N) is 3. The molecule has 0 bridgehead atoms. The van der Waals surface area contributed by atoms with E-state index in [-0.39, 0.29) is 17.9 Å². The number of nitrogens with one attached hydrogen (secondary N) is 1. The molecule has 33 heavy (non-hydrogen) atoms. The molecule has 10 heteroatoms. The van der Waals surface area contributed by atoms with Crippen molar-refractivity contribution in [2.75, 3.05) is 13.7 Å². The first-order chi connectivity index (χ1) is 16.0. The highest BCUT2D eigenvalue weighted by atomic mass is 32.1. The Balaban J connectivity index is 1.31. The third-order valence-corrected chi connectivity index (χ3v) is 5.95. The summed E-state index contributed by atoms with van der Waals surface area (Å²) in [7, 11) is 1.48. The van der Waals surface area contributed by atoms with E-state index in [1.54, 1.807) is 34.8 Å². The number of hydrogen-bond acceptors (Lipinski definition) is 7. The van der Waals surface area contributed by atoms with Crippen molar-refractivity contribution in [1.29, 1.82) is 0 Å². The van der Waals surface area contributed by atoms with Crippen molar-refractivity contribution in [3.05, 3.63) is 81.4 Å². The molecule has 3 aromatic heterocycles. The number of methoxy groups -OCH3 is 1. The van der Waals surface area contributed by atoms with Gasteiger partial charge in [0.25, 0.3) is 5.91 Å². The Morgan fingerprint density at radius 1 is 1.24 bits per heavy atom. The normalized spacial score (nSPS) is 11.2. The first kappa shape index (κ1) is 20.8. The molecule has 0 atom stereocenters. The molecule has 0 aliphatic rings.